The van der Waals surface area contributed by atoms with Gasteiger partial charge in [0, 0.05) is 35.5 Å². The Balaban J connectivity index is 1.11. The Labute approximate surface area is 206 Å². The molecule has 1 saturated heterocycles. The molecule has 1 aromatic heterocycles. The second-order valence-corrected chi connectivity index (χ2v) is 10.3. The predicted molar refractivity (Wildman–Crippen MR) is 132 cm³/mol. The van der Waals surface area contributed by atoms with E-state index in [1.54, 1.807) is 0 Å². The smallest absolute Gasteiger partial charge is 0.410 e. The van der Waals surface area contributed by atoms with E-state index in [-0.39, 0.29) is 18.2 Å². The molecule has 1 aliphatic heterocycles. The fourth-order valence-corrected chi connectivity index (χ4v) is 5.84. The molecule has 2 heterocycles. The van der Waals surface area contributed by atoms with Gasteiger partial charge in [-0.05, 0) is 56.2 Å². The molecule has 3 atom stereocenters. The van der Waals surface area contributed by atoms with E-state index in [1.807, 2.05) is 35.2 Å². The molecule has 0 spiro atoms. The van der Waals surface area contributed by atoms with Crippen LogP contribution in [0, 0.1) is 19.8 Å². The summed E-state index contributed by atoms with van der Waals surface area (Å²) in [6.07, 6.45) is 4.07. The zero-order valence-corrected chi connectivity index (χ0v) is 20.4. The molecule has 2 bridgehead atoms. The maximum absolute atomic E-state index is 12.7. The maximum Gasteiger partial charge on any atom is 0.410 e. The van der Waals surface area contributed by atoms with Crippen molar-refractivity contribution in [3.05, 3.63) is 76.5 Å². The van der Waals surface area contributed by atoms with Gasteiger partial charge in [0.25, 0.3) is 0 Å². The topological polar surface area (TPSA) is 64.8 Å². The minimum Gasteiger partial charge on any atom is -0.445 e. The van der Waals surface area contributed by atoms with Gasteiger partial charge in [-0.15, -0.1) is 0 Å². The Kier molecular flexibility index (Phi) is 5.85. The fourth-order valence-electron chi connectivity index (χ4n) is 5.84. The number of amides is 1. The molecule has 2 aromatic carbocycles. The molecule has 1 amide bonds. The number of carbonyl (C=O) groups is 1. The largest absolute Gasteiger partial charge is 0.445 e. The van der Waals surface area contributed by atoms with Crippen LogP contribution in [0.4, 0.5) is 4.79 Å². The van der Waals surface area contributed by atoms with Gasteiger partial charge in [0.15, 0.2) is 0 Å². The molecular formula is C29H32N2O4. The molecule has 2 saturated carbocycles. The predicted octanol–water partition coefficient (Wildman–Crippen LogP) is 6.15. The van der Waals surface area contributed by atoms with E-state index in [0.29, 0.717) is 31.6 Å². The van der Waals surface area contributed by atoms with Crippen molar-refractivity contribution in [3.63, 3.8) is 0 Å². The maximum atomic E-state index is 12.7. The second kappa shape index (κ2) is 9.15. The zero-order valence-electron chi connectivity index (χ0n) is 20.4. The van der Waals surface area contributed by atoms with Gasteiger partial charge in [-0.25, -0.2) is 4.79 Å². The van der Waals surface area contributed by atoms with Gasteiger partial charge in [-0.3, -0.25) is 0 Å². The Morgan fingerprint density at radius 1 is 1.03 bits per heavy atom. The Bertz CT molecular complexity index is 1200. The highest BCUT2D eigenvalue weighted by molar-refractivity contribution is 5.71. The van der Waals surface area contributed by atoms with Gasteiger partial charge in [0.05, 0.1) is 12.7 Å². The minimum absolute atomic E-state index is 0.144. The zero-order chi connectivity index (χ0) is 23.9. The van der Waals surface area contributed by atoms with Gasteiger partial charge < -0.3 is 18.9 Å². The Morgan fingerprint density at radius 3 is 2.49 bits per heavy atom. The molecule has 0 unspecified atom stereocenters. The van der Waals surface area contributed by atoms with Crippen LogP contribution in [0.25, 0.3) is 11.3 Å². The second-order valence-electron chi connectivity index (χ2n) is 10.3. The van der Waals surface area contributed by atoms with E-state index in [0.717, 1.165) is 53.8 Å². The lowest BCUT2D eigenvalue weighted by molar-refractivity contribution is -0.0114. The first-order chi connectivity index (χ1) is 17.1. The highest BCUT2D eigenvalue weighted by Gasteiger charge is 2.48. The Morgan fingerprint density at radius 2 is 1.80 bits per heavy atom. The molecule has 2 aliphatic carbocycles. The lowest BCUT2D eigenvalue weighted by Gasteiger charge is -2.31. The first kappa shape index (κ1) is 22.4. The summed E-state index contributed by atoms with van der Waals surface area (Å²) in [5, 5.41) is 4.52. The first-order valence-corrected chi connectivity index (χ1v) is 12.7. The van der Waals surface area contributed by atoms with E-state index in [9.17, 15) is 4.79 Å². The number of hydrogen-bond donors (Lipinski definition) is 0. The number of fused-ring (bicyclic) bond motifs is 2. The third-order valence-electron chi connectivity index (χ3n) is 7.84. The van der Waals surface area contributed by atoms with E-state index in [4.69, 9.17) is 14.0 Å². The van der Waals surface area contributed by atoms with Gasteiger partial charge >= 0.3 is 6.09 Å². The summed E-state index contributed by atoms with van der Waals surface area (Å²) in [5.41, 5.74) is 6.59. The van der Waals surface area contributed by atoms with Gasteiger partial charge in [0.1, 0.15) is 18.1 Å². The van der Waals surface area contributed by atoms with Crippen LogP contribution in [-0.4, -0.2) is 34.8 Å². The van der Waals surface area contributed by atoms with Crippen LogP contribution in [0.15, 0.2) is 53.1 Å². The molecule has 3 fully saturated rings. The molecule has 3 aliphatic rings. The van der Waals surface area contributed by atoms with Gasteiger partial charge in [0.2, 0.25) is 0 Å². The van der Waals surface area contributed by atoms with Crippen molar-refractivity contribution in [2.24, 2.45) is 5.92 Å². The van der Waals surface area contributed by atoms with E-state index >= 15 is 0 Å². The van der Waals surface area contributed by atoms with E-state index < -0.39 is 0 Å². The molecular weight excluding hydrogens is 440 g/mol. The number of piperidine rings is 1. The van der Waals surface area contributed by atoms with E-state index in [1.165, 1.54) is 11.1 Å². The number of carbonyl (C=O) groups excluding carboxylic acids is 1. The minimum atomic E-state index is -0.216. The van der Waals surface area contributed by atoms with Crippen molar-refractivity contribution in [2.45, 2.75) is 70.8 Å². The van der Waals surface area contributed by atoms with Crippen LogP contribution < -0.4 is 0 Å². The molecule has 0 radical (unpaired) electrons. The van der Waals surface area contributed by atoms with Crippen molar-refractivity contribution < 1.29 is 18.8 Å². The summed E-state index contributed by atoms with van der Waals surface area (Å²) in [6, 6.07) is 16.3. The highest BCUT2D eigenvalue weighted by Crippen LogP contribution is 2.46. The third kappa shape index (κ3) is 4.36. The van der Waals surface area contributed by atoms with Crippen molar-refractivity contribution in [3.8, 4) is 11.3 Å². The molecule has 35 heavy (non-hydrogen) atoms. The Hall–Kier alpha value is -3.12. The molecule has 6 rings (SSSR count). The van der Waals surface area contributed by atoms with E-state index in [2.05, 4.69) is 37.2 Å². The summed E-state index contributed by atoms with van der Waals surface area (Å²) in [6.45, 7) is 5.77. The summed E-state index contributed by atoms with van der Waals surface area (Å²) in [4.78, 5) is 14.6. The molecule has 3 aromatic rings. The SMILES string of the molecule is Cc1cccc(C)c1-c1noc(C2CC2)c1CO[C@@H]1C[C@@H]2C[C@H]1CN2C(=O)OCc1ccccc1. The van der Waals surface area contributed by atoms with Crippen LogP contribution in [-0.2, 0) is 22.7 Å². The van der Waals surface area contributed by atoms with Crippen molar-refractivity contribution >= 4 is 6.09 Å². The number of rotatable bonds is 7. The number of nitrogens with zero attached hydrogens (tertiary/aromatic N) is 2. The monoisotopic (exact) mass is 472 g/mol. The fraction of sp³-hybridized carbons (Fsp3) is 0.448. The summed E-state index contributed by atoms with van der Waals surface area (Å²) in [5.74, 6) is 1.81. The number of ether oxygens (including phenoxy) is 2. The number of benzene rings is 2. The van der Waals surface area contributed by atoms with Crippen LogP contribution in [0.1, 0.15) is 59.6 Å². The number of hydrogen-bond acceptors (Lipinski definition) is 5. The number of aromatic nitrogens is 1. The number of likely N-dealkylation sites (tertiary alicyclic amines) is 1. The quantitative estimate of drug-likeness (QED) is 0.413. The highest BCUT2D eigenvalue weighted by atomic mass is 16.6. The summed E-state index contributed by atoms with van der Waals surface area (Å²) < 4.78 is 18.0. The van der Waals surface area contributed by atoms with Crippen molar-refractivity contribution in [1.29, 1.82) is 0 Å². The third-order valence-corrected chi connectivity index (χ3v) is 7.84. The summed E-state index contributed by atoms with van der Waals surface area (Å²) >= 11 is 0. The molecule has 6 nitrogen and oxygen atoms in total. The van der Waals surface area contributed by atoms with Gasteiger partial charge in [-0.2, -0.15) is 0 Å². The van der Waals surface area contributed by atoms with Crippen molar-refractivity contribution in [1.82, 2.24) is 10.1 Å². The molecule has 182 valence electrons. The lowest BCUT2D eigenvalue weighted by Crippen LogP contribution is -2.42. The average molecular weight is 473 g/mol. The standard InChI is InChI=1S/C29H32N2O4/c1-18-7-6-8-19(2)26(18)27-24(28(35-30-27)21-11-12-21)17-33-25-14-23-13-22(25)15-31(23)29(32)34-16-20-9-4-3-5-10-20/h3-10,21-23,25H,11-17H2,1-2H3/t22-,23-,25+/m0/s1. The number of aryl methyl sites for hydroxylation is 2. The van der Waals surface area contributed by atoms with Crippen molar-refractivity contribution in [2.75, 3.05) is 6.54 Å². The lowest BCUT2D eigenvalue weighted by atomic mass is 9.96. The van der Waals surface area contributed by atoms with Crippen LogP contribution in [0.5, 0.6) is 0 Å². The molecule has 6 heteroatoms. The summed E-state index contributed by atoms with van der Waals surface area (Å²) in [7, 11) is 0. The molecule has 0 N–H and O–H groups in total. The first-order valence-electron chi connectivity index (χ1n) is 12.7. The van der Waals surface area contributed by atoms with Gasteiger partial charge in [-0.1, -0.05) is 53.7 Å². The van der Waals surface area contributed by atoms with Crippen LogP contribution >= 0.6 is 0 Å². The van der Waals surface area contributed by atoms with Crippen LogP contribution in [0.2, 0.25) is 0 Å². The average Bonchev–Trinajstić information content (AvgIpc) is 3.31. The van der Waals surface area contributed by atoms with Crippen LogP contribution in [0.3, 0.4) is 0 Å². The normalized spacial score (nSPS) is 23.1.